The highest BCUT2D eigenvalue weighted by Crippen LogP contribution is 2.26. The molecule has 1 saturated heterocycles. The zero-order valence-corrected chi connectivity index (χ0v) is 11.1. The third kappa shape index (κ3) is 2.79. The summed E-state index contributed by atoms with van der Waals surface area (Å²) in [4.78, 5) is 0. The number of anilines is 1. The minimum absolute atomic E-state index is 0.675. The predicted octanol–water partition coefficient (Wildman–Crippen LogP) is 3.40. The van der Waals surface area contributed by atoms with Gasteiger partial charge < -0.3 is 11.1 Å². The van der Waals surface area contributed by atoms with Crippen LogP contribution in [-0.4, -0.2) is 13.1 Å². The Morgan fingerprint density at radius 1 is 0.895 bits per heavy atom. The number of benzene rings is 2. The quantitative estimate of drug-likeness (QED) is 0.804. The van der Waals surface area contributed by atoms with E-state index in [1.54, 1.807) is 0 Å². The molecule has 2 aromatic carbocycles. The van der Waals surface area contributed by atoms with E-state index in [1.807, 2.05) is 12.1 Å². The van der Waals surface area contributed by atoms with Crippen molar-refractivity contribution in [3.8, 4) is 11.1 Å². The number of nitrogens with two attached hydrogens (primary N) is 1. The second kappa shape index (κ2) is 5.45. The van der Waals surface area contributed by atoms with Crippen LogP contribution in [0.25, 0.3) is 11.1 Å². The Hall–Kier alpha value is -1.80. The lowest BCUT2D eigenvalue weighted by atomic mass is 9.90. The van der Waals surface area contributed by atoms with E-state index in [4.69, 9.17) is 5.73 Å². The summed E-state index contributed by atoms with van der Waals surface area (Å²) in [7, 11) is 0. The molecular formula is C17H20N2. The van der Waals surface area contributed by atoms with Gasteiger partial charge in [-0.25, -0.2) is 0 Å². The molecule has 0 radical (unpaired) electrons. The maximum Gasteiger partial charge on any atom is 0.0314 e. The Balaban J connectivity index is 1.80. The average molecular weight is 252 g/mol. The van der Waals surface area contributed by atoms with E-state index < -0.39 is 0 Å². The molecule has 3 rings (SSSR count). The van der Waals surface area contributed by atoms with Crippen molar-refractivity contribution in [3.05, 3.63) is 54.1 Å². The Kier molecular flexibility index (Phi) is 3.51. The summed E-state index contributed by atoms with van der Waals surface area (Å²) >= 11 is 0. The van der Waals surface area contributed by atoms with Gasteiger partial charge in [-0.2, -0.15) is 0 Å². The van der Waals surface area contributed by atoms with Crippen molar-refractivity contribution < 1.29 is 0 Å². The van der Waals surface area contributed by atoms with Crippen molar-refractivity contribution in [1.29, 1.82) is 0 Å². The summed E-state index contributed by atoms with van der Waals surface area (Å²) in [6.07, 6.45) is 2.58. The summed E-state index contributed by atoms with van der Waals surface area (Å²) in [5.41, 5.74) is 10.5. The summed E-state index contributed by atoms with van der Waals surface area (Å²) in [6, 6.07) is 17.0. The van der Waals surface area contributed by atoms with Gasteiger partial charge in [-0.15, -0.1) is 0 Å². The third-order valence-corrected chi connectivity index (χ3v) is 3.92. The van der Waals surface area contributed by atoms with E-state index in [0.29, 0.717) is 5.92 Å². The number of rotatable bonds is 2. The Morgan fingerprint density at radius 3 is 2.11 bits per heavy atom. The first-order chi connectivity index (χ1) is 9.33. The molecule has 3 N–H and O–H groups in total. The van der Waals surface area contributed by atoms with Crippen LogP contribution in [0.4, 0.5) is 5.69 Å². The largest absolute Gasteiger partial charge is 0.399 e. The van der Waals surface area contributed by atoms with Crippen LogP contribution in [0.2, 0.25) is 0 Å². The summed E-state index contributed by atoms with van der Waals surface area (Å²) in [5, 5.41) is 3.47. The second-order valence-corrected chi connectivity index (χ2v) is 5.29. The number of hydrogen-bond donors (Lipinski definition) is 2. The Morgan fingerprint density at radius 2 is 1.53 bits per heavy atom. The maximum atomic E-state index is 5.72. The molecule has 1 fully saturated rings. The lowest BCUT2D eigenvalue weighted by Gasteiger charge is -2.23. The van der Waals surface area contributed by atoms with Gasteiger partial charge in [0.15, 0.2) is 0 Å². The zero-order chi connectivity index (χ0) is 13.1. The van der Waals surface area contributed by atoms with Crippen LogP contribution in [-0.2, 0) is 0 Å². The fourth-order valence-corrected chi connectivity index (χ4v) is 2.76. The van der Waals surface area contributed by atoms with Gasteiger partial charge in [0, 0.05) is 12.2 Å². The van der Waals surface area contributed by atoms with E-state index in [2.05, 4.69) is 41.7 Å². The van der Waals surface area contributed by atoms with Crippen LogP contribution < -0.4 is 11.1 Å². The van der Waals surface area contributed by atoms with Crippen molar-refractivity contribution in [2.45, 2.75) is 18.8 Å². The van der Waals surface area contributed by atoms with Gasteiger partial charge in [-0.05, 0) is 54.1 Å². The minimum atomic E-state index is 0.675. The zero-order valence-electron chi connectivity index (χ0n) is 11.1. The molecular weight excluding hydrogens is 232 g/mol. The molecule has 0 spiro atoms. The van der Waals surface area contributed by atoms with Crippen LogP contribution >= 0.6 is 0 Å². The molecule has 0 bridgehead atoms. The highest BCUT2D eigenvalue weighted by molar-refractivity contribution is 5.65. The molecule has 1 heterocycles. The molecule has 1 aliphatic heterocycles. The number of hydrogen-bond acceptors (Lipinski definition) is 2. The first-order valence-electron chi connectivity index (χ1n) is 6.99. The smallest absolute Gasteiger partial charge is 0.0314 e. The molecule has 2 aromatic rings. The molecule has 1 unspecified atom stereocenters. The standard InChI is InChI=1S/C17H20N2/c18-17-9-7-14(8-10-17)13-3-5-15(6-4-13)16-2-1-11-19-12-16/h3-10,16,19H,1-2,11-12,18H2. The van der Waals surface area contributed by atoms with Gasteiger partial charge in [0.2, 0.25) is 0 Å². The lowest BCUT2D eigenvalue weighted by Crippen LogP contribution is -2.28. The van der Waals surface area contributed by atoms with E-state index >= 15 is 0 Å². The van der Waals surface area contributed by atoms with Gasteiger partial charge in [0.25, 0.3) is 0 Å². The monoisotopic (exact) mass is 252 g/mol. The number of piperidine rings is 1. The number of nitrogen functional groups attached to an aromatic ring is 1. The van der Waals surface area contributed by atoms with E-state index in [-0.39, 0.29) is 0 Å². The van der Waals surface area contributed by atoms with Gasteiger partial charge in [-0.1, -0.05) is 36.4 Å². The average Bonchev–Trinajstić information content (AvgIpc) is 2.49. The van der Waals surface area contributed by atoms with Crippen LogP contribution in [0.1, 0.15) is 24.3 Å². The molecule has 1 aliphatic rings. The highest BCUT2D eigenvalue weighted by atomic mass is 14.9. The van der Waals surface area contributed by atoms with Crippen LogP contribution in [0, 0.1) is 0 Å². The molecule has 98 valence electrons. The maximum absolute atomic E-state index is 5.72. The van der Waals surface area contributed by atoms with Crippen LogP contribution in [0.15, 0.2) is 48.5 Å². The first kappa shape index (κ1) is 12.2. The van der Waals surface area contributed by atoms with Gasteiger partial charge in [-0.3, -0.25) is 0 Å². The Bertz CT molecular complexity index is 522. The molecule has 0 aliphatic carbocycles. The Labute approximate surface area is 114 Å². The predicted molar refractivity (Wildman–Crippen MR) is 81.1 cm³/mol. The lowest BCUT2D eigenvalue weighted by molar-refractivity contribution is 0.461. The normalized spacial score (nSPS) is 19.3. The highest BCUT2D eigenvalue weighted by Gasteiger charge is 2.14. The molecule has 0 aromatic heterocycles. The molecule has 0 saturated carbocycles. The van der Waals surface area contributed by atoms with Crippen molar-refractivity contribution in [2.75, 3.05) is 18.8 Å². The van der Waals surface area contributed by atoms with Gasteiger partial charge in [0.05, 0.1) is 0 Å². The summed E-state index contributed by atoms with van der Waals surface area (Å²) in [5.74, 6) is 0.675. The summed E-state index contributed by atoms with van der Waals surface area (Å²) in [6.45, 7) is 2.28. The summed E-state index contributed by atoms with van der Waals surface area (Å²) < 4.78 is 0. The van der Waals surface area contributed by atoms with Crippen molar-refractivity contribution in [1.82, 2.24) is 5.32 Å². The minimum Gasteiger partial charge on any atom is -0.399 e. The molecule has 2 nitrogen and oxygen atoms in total. The van der Waals surface area contributed by atoms with Crippen molar-refractivity contribution in [3.63, 3.8) is 0 Å². The second-order valence-electron chi connectivity index (χ2n) is 5.29. The molecule has 0 amide bonds. The topological polar surface area (TPSA) is 38.0 Å². The van der Waals surface area contributed by atoms with E-state index in [9.17, 15) is 0 Å². The molecule has 2 heteroatoms. The van der Waals surface area contributed by atoms with Gasteiger partial charge >= 0.3 is 0 Å². The van der Waals surface area contributed by atoms with Crippen LogP contribution in [0.5, 0.6) is 0 Å². The first-order valence-corrected chi connectivity index (χ1v) is 6.99. The molecule has 19 heavy (non-hydrogen) atoms. The van der Waals surface area contributed by atoms with E-state index in [1.165, 1.54) is 36.1 Å². The fraction of sp³-hybridized carbons (Fsp3) is 0.294. The van der Waals surface area contributed by atoms with E-state index in [0.717, 1.165) is 12.2 Å². The molecule has 1 atom stereocenters. The number of nitrogens with one attached hydrogen (secondary N) is 1. The van der Waals surface area contributed by atoms with Crippen LogP contribution in [0.3, 0.4) is 0 Å². The SMILES string of the molecule is Nc1ccc(-c2ccc(C3CCCNC3)cc2)cc1. The third-order valence-electron chi connectivity index (χ3n) is 3.92. The van der Waals surface area contributed by atoms with Crippen molar-refractivity contribution >= 4 is 5.69 Å². The van der Waals surface area contributed by atoms with Crippen molar-refractivity contribution in [2.24, 2.45) is 0 Å². The van der Waals surface area contributed by atoms with Gasteiger partial charge in [0.1, 0.15) is 0 Å². The fourth-order valence-electron chi connectivity index (χ4n) is 2.76.